The number of para-hydroxylation sites is 2. The number of nitrogens with zero attached hydrogens (tertiary/aromatic N) is 2. The highest BCUT2D eigenvalue weighted by Gasteiger charge is 2.60. The van der Waals surface area contributed by atoms with Crippen molar-refractivity contribution in [1.29, 1.82) is 0 Å². The van der Waals surface area contributed by atoms with Gasteiger partial charge in [-0.25, -0.2) is 0 Å². The van der Waals surface area contributed by atoms with Gasteiger partial charge in [0.15, 0.2) is 0 Å². The van der Waals surface area contributed by atoms with E-state index in [0.29, 0.717) is 11.4 Å². The fourth-order valence-electron chi connectivity index (χ4n) is 4.43. The Labute approximate surface area is 203 Å². The van der Waals surface area contributed by atoms with E-state index in [1.54, 1.807) is 8.46 Å². The van der Waals surface area contributed by atoms with E-state index in [1.807, 2.05) is 103 Å². The first kappa shape index (κ1) is 27.9. The van der Waals surface area contributed by atoms with Gasteiger partial charge < -0.3 is 31.8 Å². The third kappa shape index (κ3) is 6.04. The third-order valence-electron chi connectivity index (χ3n) is 5.52. The van der Waals surface area contributed by atoms with Crippen LogP contribution in [0.4, 0.5) is 11.4 Å². The molecule has 0 radical (unpaired) electrons. The molecule has 4 N–H and O–H groups in total. The highest BCUT2D eigenvalue weighted by atomic mass is 28.5. The quantitative estimate of drug-likeness (QED) is 0.390. The minimum absolute atomic E-state index is 0.685. The molecule has 0 unspecified atom stereocenters. The lowest BCUT2D eigenvalue weighted by Gasteiger charge is -2.48. The molecule has 11 heteroatoms. The summed E-state index contributed by atoms with van der Waals surface area (Å²) in [6, 6.07) is 11.5. The van der Waals surface area contributed by atoms with Crippen molar-refractivity contribution in [3.8, 4) is 0 Å². The molecule has 0 spiro atoms. The van der Waals surface area contributed by atoms with E-state index >= 15 is 0 Å². The molecule has 0 bridgehead atoms. The van der Waals surface area contributed by atoms with E-state index in [-0.39, 0.29) is 0 Å². The number of aryl methyl sites for hydroxylation is 4. The summed E-state index contributed by atoms with van der Waals surface area (Å²) in [4.78, 5) is 45.9. The zero-order valence-corrected chi connectivity index (χ0v) is 25.6. The molecule has 2 aromatic carbocycles. The molecular weight excluding hydrogens is 485 g/mol. The van der Waals surface area contributed by atoms with Crippen LogP contribution in [0.2, 0.25) is 39.3 Å². The highest BCUT2D eigenvalue weighted by Crippen LogP contribution is 2.36. The summed E-state index contributed by atoms with van der Waals surface area (Å²) in [5.41, 5.74) is 4.87. The molecule has 0 aliphatic rings. The Morgan fingerprint density at radius 3 is 1.00 bits per heavy atom. The zero-order valence-electron chi connectivity index (χ0n) is 21.6. The summed E-state index contributed by atoms with van der Waals surface area (Å²) < 4.78 is 8.90. The number of benzene rings is 2. The SMILES string of the molecule is Cc1cccc(C)c1N([Si](C)(C)C)[Si](O)(O)O[Si](O)(O)N(c1c(C)cccc1C)[Si](C)(C)C. The first-order chi connectivity index (χ1) is 14.8. The molecule has 2 rings (SSSR count). The molecule has 0 saturated carbocycles. The topological polar surface area (TPSA) is 96.6 Å². The van der Waals surface area contributed by atoms with E-state index in [9.17, 15) is 19.2 Å². The van der Waals surface area contributed by atoms with Crippen LogP contribution in [0.5, 0.6) is 0 Å². The maximum Gasteiger partial charge on any atom is 0.613 e. The van der Waals surface area contributed by atoms with Gasteiger partial charge in [-0.1, -0.05) is 75.7 Å². The Bertz CT molecular complexity index is 883. The normalized spacial score (nSPS) is 13.3. The van der Waals surface area contributed by atoms with E-state index in [0.717, 1.165) is 22.3 Å². The Balaban J connectivity index is 2.66. The van der Waals surface area contributed by atoms with Gasteiger partial charge in [-0.3, -0.25) is 0 Å². The maximum absolute atomic E-state index is 11.5. The molecule has 0 atom stereocenters. The predicted molar refractivity (Wildman–Crippen MR) is 145 cm³/mol. The minimum Gasteiger partial charge on any atom is -0.374 e. The van der Waals surface area contributed by atoms with Crippen LogP contribution in [0.25, 0.3) is 0 Å². The summed E-state index contributed by atoms with van der Waals surface area (Å²) in [5, 5.41) is 0. The van der Waals surface area contributed by atoms with Crippen LogP contribution in [0.3, 0.4) is 0 Å². The van der Waals surface area contributed by atoms with Gasteiger partial charge in [-0.15, -0.1) is 0 Å². The third-order valence-corrected chi connectivity index (χ3v) is 18.2. The fourth-order valence-corrected chi connectivity index (χ4v) is 17.8. The monoisotopic (exact) mass is 524 g/mol. The summed E-state index contributed by atoms with van der Waals surface area (Å²) in [6.07, 6.45) is 0. The van der Waals surface area contributed by atoms with Gasteiger partial charge in [-0.05, 0) is 49.9 Å². The van der Waals surface area contributed by atoms with Gasteiger partial charge in [0.2, 0.25) is 0 Å². The van der Waals surface area contributed by atoms with Crippen LogP contribution in [0, 0.1) is 27.7 Å². The van der Waals surface area contributed by atoms with Crippen molar-refractivity contribution in [2.75, 3.05) is 8.46 Å². The molecule has 0 aliphatic heterocycles. The number of anilines is 2. The summed E-state index contributed by atoms with van der Waals surface area (Å²) in [7, 11) is -14.4. The lowest BCUT2D eigenvalue weighted by atomic mass is 10.1. The van der Waals surface area contributed by atoms with E-state index in [1.165, 1.54) is 0 Å². The Kier molecular flexibility index (Phi) is 7.96. The number of hydrogen-bond donors (Lipinski definition) is 4. The number of rotatable bonds is 8. The van der Waals surface area contributed by atoms with Crippen molar-refractivity contribution in [2.45, 2.75) is 67.0 Å². The Morgan fingerprint density at radius 2 is 0.788 bits per heavy atom. The van der Waals surface area contributed by atoms with E-state index < -0.39 is 34.4 Å². The van der Waals surface area contributed by atoms with Crippen LogP contribution in [-0.2, 0) is 4.12 Å². The van der Waals surface area contributed by atoms with E-state index in [2.05, 4.69) is 0 Å². The second kappa shape index (κ2) is 9.40. The van der Waals surface area contributed by atoms with Gasteiger partial charge in [0.05, 0.1) is 0 Å². The average Bonchev–Trinajstić information content (AvgIpc) is 2.57. The van der Waals surface area contributed by atoms with Crippen molar-refractivity contribution in [3.05, 3.63) is 58.7 Å². The molecular formula is C22H40N2O5Si4. The Morgan fingerprint density at radius 1 is 0.545 bits per heavy atom. The zero-order chi connectivity index (χ0) is 25.6. The molecule has 7 nitrogen and oxygen atoms in total. The first-order valence-corrected chi connectivity index (χ1v) is 21.5. The van der Waals surface area contributed by atoms with Crippen molar-refractivity contribution in [3.63, 3.8) is 0 Å². The molecule has 0 fully saturated rings. The largest absolute Gasteiger partial charge is 0.613 e. The van der Waals surface area contributed by atoms with Crippen molar-refractivity contribution in [1.82, 2.24) is 0 Å². The second-order valence-corrected chi connectivity index (χ2v) is 25.2. The van der Waals surface area contributed by atoms with Crippen molar-refractivity contribution >= 4 is 45.8 Å². The lowest BCUT2D eigenvalue weighted by molar-refractivity contribution is 0.157. The minimum atomic E-state index is -4.78. The van der Waals surface area contributed by atoms with Gasteiger partial charge in [0, 0.05) is 11.4 Å². The first-order valence-electron chi connectivity index (χ1n) is 11.1. The van der Waals surface area contributed by atoms with Gasteiger partial charge in [0.1, 0.15) is 16.5 Å². The fraction of sp³-hybridized carbons (Fsp3) is 0.455. The van der Waals surface area contributed by atoms with Crippen LogP contribution in [-0.4, -0.2) is 53.6 Å². The molecule has 184 valence electrons. The summed E-state index contributed by atoms with van der Waals surface area (Å²) in [5.74, 6) is 0. The Hall–Kier alpha value is -1.29. The van der Waals surface area contributed by atoms with Gasteiger partial charge in [-0.2, -0.15) is 0 Å². The summed E-state index contributed by atoms with van der Waals surface area (Å²) in [6.45, 7) is 19.5. The number of hydrogen-bond acceptors (Lipinski definition) is 7. The maximum atomic E-state index is 11.5. The van der Waals surface area contributed by atoms with Crippen molar-refractivity contribution in [2.24, 2.45) is 0 Å². The molecule has 0 amide bonds. The summed E-state index contributed by atoms with van der Waals surface area (Å²) >= 11 is 0. The molecule has 0 aliphatic carbocycles. The predicted octanol–water partition coefficient (Wildman–Crippen LogP) is 3.76. The highest BCUT2D eigenvalue weighted by molar-refractivity contribution is 6.98. The standard InChI is InChI=1S/C22H40N2O5Si4/c1-17-13-11-14-18(2)21(17)23(30(5,6)7)32(25,26)29-33(27,28)24(31(8,9)10)22-19(3)15-12-16-20(22)4/h11-16,25-28H,1-10H3. The molecule has 33 heavy (non-hydrogen) atoms. The van der Waals surface area contributed by atoms with Crippen LogP contribution in [0.15, 0.2) is 36.4 Å². The van der Waals surface area contributed by atoms with Crippen molar-refractivity contribution < 1.29 is 23.3 Å². The molecule has 2 aromatic rings. The van der Waals surface area contributed by atoms with Crippen LogP contribution in [0.1, 0.15) is 22.3 Å². The smallest absolute Gasteiger partial charge is 0.374 e. The van der Waals surface area contributed by atoms with E-state index in [4.69, 9.17) is 4.12 Å². The van der Waals surface area contributed by atoms with Gasteiger partial charge >= 0.3 is 17.9 Å². The second-order valence-electron chi connectivity index (χ2n) is 10.7. The van der Waals surface area contributed by atoms with Crippen LogP contribution >= 0.6 is 0 Å². The molecule has 0 heterocycles. The average molecular weight is 525 g/mol. The molecule has 0 aromatic heterocycles. The lowest BCUT2D eigenvalue weighted by Crippen LogP contribution is -2.76. The van der Waals surface area contributed by atoms with Crippen LogP contribution < -0.4 is 8.46 Å². The van der Waals surface area contributed by atoms with Gasteiger partial charge in [0.25, 0.3) is 0 Å². The molecule has 0 saturated heterocycles.